The van der Waals surface area contributed by atoms with Crippen molar-refractivity contribution in [2.75, 3.05) is 6.54 Å². The molecule has 0 aromatic carbocycles. The molecule has 0 aliphatic carbocycles. The fourth-order valence-corrected chi connectivity index (χ4v) is 6.61. The summed E-state index contributed by atoms with van der Waals surface area (Å²) >= 11 is 0. The van der Waals surface area contributed by atoms with Gasteiger partial charge in [-0.25, -0.2) is 4.57 Å². The first-order valence-corrected chi connectivity index (χ1v) is 20.7. The van der Waals surface area contributed by atoms with E-state index in [4.69, 9.17) is 14.8 Å². The second-order valence-corrected chi connectivity index (χ2v) is 14.9. The minimum absolute atomic E-state index is 0.0607. The molecule has 8 heteroatoms. The van der Waals surface area contributed by atoms with E-state index in [1.54, 1.807) is 0 Å². The summed E-state index contributed by atoms with van der Waals surface area (Å²) in [7, 11) is -4.39. The third-order valence-corrected chi connectivity index (χ3v) is 10.2. The molecule has 7 nitrogen and oxygen atoms in total. The molecule has 0 aromatic heterocycles. The van der Waals surface area contributed by atoms with E-state index in [2.05, 4.69) is 38.2 Å². The van der Waals surface area contributed by atoms with Crippen molar-refractivity contribution in [3.05, 3.63) is 24.3 Å². The zero-order chi connectivity index (χ0) is 34.0. The Kier molecular flexibility index (Phi) is 32.4. The van der Waals surface area contributed by atoms with Gasteiger partial charge in [0.2, 0.25) is 0 Å². The van der Waals surface area contributed by atoms with E-state index in [1.807, 2.05) is 0 Å². The third kappa shape index (κ3) is 28.8. The van der Waals surface area contributed by atoms with Gasteiger partial charge in [0.05, 0.1) is 0 Å². The highest BCUT2D eigenvalue weighted by Gasteiger charge is 2.40. The lowest BCUT2D eigenvalue weighted by molar-refractivity contribution is -0.139. The van der Waals surface area contributed by atoms with Crippen LogP contribution in [0, 0.1) is 0 Å². The number of carbonyl (C=O) groups is 2. The Hall–Kier alpha value is -1.43. The molecule has 3 N–H and O–H groups in total. The average molecular weight is 670 g/mol. The SMILES string of the molecule is CCCCCCCCC=CCCCCCCCC(=O)OP(=O)(OC(=O)CCCCCCCC=CCCCCCCCC)C(O)CN. The van der Waals surface area contributed by atoms with Crippen LogP contribution in [0.3, 0.4) is 0 Å². The van der Waals surface area contributed by atoms with Crippen LogP contribution in [0.2, 0.25) is 0 Å². The molecular weight excluding hydrogens is 597 g/mol. The first-order valence-electron chi connectivity index (χ1n) is 19.1. The van der Waals surface area contributed by atoms with Crippen molar-refractivity contribution in [1.29, 1.82) is 0 Å². The van der Waals surface area contributed by atoms with E-state index in [0.717, 1.165) is 64.2 Å². The summed E-state index contributed by atoms with van der Waals surface area (Å²) in [5, 5.41) is 10.1. The van der Waals surface area contributed by atoms with Gasteiger partial charge in [0.15, 0.2) is 5.85 Å². The second kappa shape index (κ2) is 33.5. The molecule has 0 amide bonds. The normalized spacial score (nSPS) is 13.7. The van der Waals surface area contributed by atoms with Crippen LogP contribution in [-0.4, -0.2) is 29.4 Å². The lowest BCUT2D eigenvalue weighted by Crippen LogP contribution is -2.25. The highest BCUT2D eigenvalue weighted by molar-refractivity contribution is 7.55. The van der Waals surface area contributed by atoms with Crippen molar-refractivity contribution < 1.29 is 28.3 Å². The van der Waals surface area contributed by atoms with Gasteiger partial charge in [0.25, 0.3) is 0 Å². The van der Waals surface area contributed by atoms with Gasteiger partial charge in [0.1, 0.15) is 0 Å². The Balaban J connectivity index is 3.97. The summed E-state index contributed by atoms with van der Waals surface area (Å²) in [6.45, 7) is 4.06. The molecule has 0 bridgehead atoms. The Labute approximate surface area is 283 Å². The molecule has 1 atom stereocenters. The minimum atomic E-state index is -4.39. The fraction of sp³-hybridized carbons (Fsp3) is 0.842. The molecule has 0 heterocycles. The molecule has 0 aliphatic rings. The van der Waals surface area contributed by atoms with Gasteiger partial charge in [-0.15, -0.1) is 0 Å². The zero-order valence-electron chi connectivity index (χ0n) is 29.9. The molecule has 0 radical (unpaired) electrons. The van der Waals surface area contributed by atoms with Crippen molar-refractivity contribution in [2.24, 2.45) is 5.73 Å². The van der Waals surface area contributed by atoms with E-state index in [9.17, 15) is 19.3 Å². The monoisotopic (exact) mass is 670 g/mol. The van der Waals surface area contributed by atoms with Crippen molar-refractivity contribution in [2.45, 2.75) is 199 Å². The number of nitrogens with two attached hydrogens (primary N) is 1. The summed E-state index contributed by atoms with van der Waals surface area (Å²) < 4.78 is 23.1. The van der Waals surface area contributed by atoms with Gasteiger partial charge >= 0.3 is 19.5 Å². The van der Waals surface area contributed by atoms with Crippen LogP contribution < -0.4 is 5.73 Å². The van der Waals surface area contributed by atoms with Crippen molar-refractivity contribution >= 4 is 19.5 Å². The molecule has 0 rings (SSSR count). The predicted octanol–water partition coefficient (Wildman–Crippen LogP) is 11.6. The highest BCUT2D eigenvalue weighted by Crippen LogP contribution is 2.52. The van der Waals surface area contributed by atoms with Gasteiger partial charge in [-0.2, -0.15) is 0 Å². The Morgan fingerprint density at radius 1 is 0.543 bits per heavy atom. The Morgan fingerprint density at radius 2 is 0.826 bits per heavy atom. The molecule has 0 fully saturated rings. The molecule has 0 saturated heterocycles. The van der Waals surface area contributed by atoms with E-state index in [-0.39, 0.29) is 12.8 Å². The molecular formula is C38H72NO6P. The van der Waals surface area contributed by atoms with Gasteiger partial charge in [-0.05, 0) is 64.2 Å². The number of aliphatic hydroxyl groups excluding tert-OH is 1. The zero-order valence-corrected chi connectivity index (χ0v) is 30.8. The quantitative estimate of drug-likeness (QED) is 0.0398. The smallest absolute Gasteiger partial charge is 0.381 e. The number of hydrogen-bond acceptors (Lipinski definition) is 7. The van der Waals surface area contributed by atoms with Crippen LogP contribution in [0.4, 0.5) is 0 Å². The largest absolute Gasteiger partial charge is 0.464 e. The number of hydrogen-bond donors (Lipinski definition) is 2. The molecule has 1 unspecified atom stereocenters. The second-order valence-electron chi connectivity index (χ2n) is 12.9. The molecule has 0 spiro atoms. The number of carbonyl (C=O) groups excluding carboxylic acids is 2. The predicted molar refractivity (Wildman–Crippen MR) is 194 cm³/mol. The van der Waals surface area contributed by atoms with Gasteiger partial charge in [0, 0.05) is 19.4 Å². The summed E-state index contributed by atoms with van der Waals surface area (Å²) in [6.07, 6.45) is 39.1. The average Bonchev–Trinajstić information content (AvgIpc) is 3.04. The standard InChI is InChI=1S/C38H72NO6P/c1-3-5-7-9-11-13-15-17-19-21-23-25-27-29-31-33-36(40)44-46(43,38(42)35-39)45-37(41)34-32-30-28-26-24-22-20-18-16-14-12-10-8-6-4-2/h17-20,38,42H,3-16,21-35,39H2,1-2H3. The van der Waals surface area contributed by atoms with E-state index >= 15 is 0 Å². The molecule has 0 aromatic rings. The van der Waals surface area contributed by atoms with Crippen LogP contribution in [0.5, 0.6) is 0 Å². The number of rotatable bonds is 34. The summed E-state index contributed by atoms with van der Waals surface area (Å²) in [4.78, 5) is 24.7. The maximum absolute atomic E-state index is 13.1. The van der Waals surface area contributed by atoms with Crippen molar-refractivity contribution in [3.63, 3.8) is 0 Å². The first-order chi connectivity index (χ1) is 22.4. The van der Waals surface area contributed by atoms with Crippen LogP contribution >= 0.6 is 7.60 Å². The fourth-order valence-electron chi connectivity index (χ4n) is 5.32. The summed E-state index contributed by atoms with van der Waals surface area (Å²) in [5.41, 5.74) is 5.47. The first kappa shape index (κ1) is 44.6. The van der Waals surface area contributed by atoms with E-state index in [0.29, 0.717) is 12.8 Å². The molecule has 270 valence electrons. The topological polar surface area (TPSA) is 116 Å². The van der Waals surface area contributed by atoms with Gasteiger partial charge in [-0.3, -0.25) is 9.59 Å². The van der Waals surface area contributed by atoms with Crippen molar-refractivity contribution in [1.82, 2.24) is 0 Å². The lowest BCUT2D eigenvalue weighted by atomic mass is 10.1. The van der Waals surface area contributed by atoms with E-state index in [1.165, 1.54) is 89.9 Å². The number of allylic oxidation sites excluding steroid dienone is 4. The maximum Gasteiger partial charge on any atom is 0.464 e. The molecule has 0 aliphatic heterocycles. The van der Waals surface area contributed by atoms with Gasteiger partial charge < -0.3 is 19.9 Å². The van der Waals surface area contributed by atoms with Crippen LogP contribution in [0.1, 0.15) is 194 Å². The maximum atomic E-state index is 13.1. The lowest BCUT2D eigenvalue weighted by Gasteiger charge is -2.21. The van der Waals surface area contributed by atoms with Crippen LogP contribution in [0.25, 0.3) is 0 Å². The third-order valence-electron chi connectivity index (χ3n) is 8.32. The summed E-state index contributed by atoms with van der Waals surface area (Å²) in [5.74, 6) is -3.19. The highest BCUT2D eigenvalue weighted by atomic mass is 31.2. The van der Waals surface area contributed by atoms with E-state index < -0.39 is 31.9 Å². The molecule has 46 heavy (non-hydrogen) atoms. The molecule has 0 saturated carbocycles. The number of aliphatic hydroxyl groups is 1. The summed E-state index contributed by atoms with van der Waals surface area (Å²) in [6, 6.07) is 0. The van der Waals surface area contributed by atoms with Crippen LogP contribution in [-0.2, 0) is 23.2 Å². The Bertz CT molecular complexity index is 757. The minimum Gasteiger partial charge on any atom is -0.381 e. The number of unbranched alkanes of at least 4 members (excludes halogenated alkanes) is 22. The van der Waals surface area contributed by atoms with Crippen LogP contribution in [0.15, 0.2) is 24.3 Å². The van der Waals surface area contributed by atoms with Gasteiger partial charge in [-0.1, -0.05) is 141 Å². The Morgan fingerprint density at radius 3 is 1.13 bits per heavy atom. The van der Waals surface area contributed by atoms with Crippen molar-refractivity contribution in [3.8, 4) is 0 Å².